The smallest absolute Gasteiger partial charge is 0.406 e. The van der Waals surface area contributed by atoms with Crippen molar-refractivity contribution in [3.8, 4) is 11.4 Å². The molecule has 1 atom stereocenters. The second-order valence-corrected chi connectivity index (χ2v) is 8.65. The number of hydrogen-bond donors (Lipinski definition) is 2. The number of nitrogens with zero attached hydrogens (tertiary/aromatic N) is 3. The molecule has 9 nitrogen and oxygen atoms in total. The molecule has 2 N–H and O–H groups in total. The molecule has 2 aromatic carbocycles. The molecule has 0 aliphatic carbocycles. The number of amides is 1. The van der Waals surface area contributed by atoms with Crippen molar-refractivity contribution in [2.24, 2.45) is 0 Å². The summed E-state index contributed by atoms with van der Waals surface area (Å²) in [5.74, 6) is -0.913. The SMILES string of the molecule is CC(NC(=O)CCNS(=O)(=O)c1ccc(OC(F)(F)F)cc1)c1ccc(-n2cncn2)cc1. The average Bonchev–Trinajstić information content (AvgIpc) is 3.28. The van der Waals surface area contributed by atoms with Crippen LogP contribution in [0.25, 0.3) is 5.69 Å². The highest BCUT2D eigenvalue weighted by Gasteiger charge is 2.31. The van der Waals surface area contributed by atoms with Crippen molar-refractivity contribution in [3.05, 3.63) is 66.7 Å². The van der Waals surface area contributed by atoms with E-state index in [0.29, 0.717) is 0 Å². The lowest BCUT2D eigenvalue weighted by Gasteiger charge is -2.15. The van der Waals surface area contributed by atoms with Crippen LogP contribution in [0, 0.1) is 0 Å². The van der Waals surface area contributed by atoms with E-state index in [4.69, 9.17) is 0 Å². The number of sulfonamides is 1. The van der Waals surface area contributed by atoms with E-state index in [1.807, 2.05) is 24.3 Å². The van der Waals surface area contributed by atoms with Crippen LogP contribution in [0.3, 0.4) is 0 Å². The summed E-state index contributed by atoms with van der Waals surface area (Å²) < 4.78 is 68.7. The van der Waals surface area contributed by atoms with Gasteiger partial charge in [0.2, 0.25) is 15.9 Å². The van der Waals surface area contributed by atoms with Gasteiger partial charge in [-0.1, -0.05) is 12.1 Å². The largest absolute Gasteiger partial charge is 0.573 e. The average molecular weight is 483 g/mol. The van der Waals surface area contributed by atoms with Crippen LogP contribution in [0.5, 0.6) is 5.75 Å². The van der Waals surface area contributed by atoms with Crippen molar-refractivity contribution >= 4 is 15.9 Å². The van der Waals surface area contributed by atoms with Gasteiger partial charge in [0, 0.05) is 13.0 Å². The van der Waals surface area contributed by atoms with E-state index >= 15 is 0 Å². The van der Waals surface area contributed by atoms with Gasteiger partial charge < -0.3 is 10.1 Å². The van der Waals surface area contributed by atoms with Crippen molar-refractivity contribution < 1.29 is 31.1 Å². The molecule has 1 amide bonds. The van der Waals surface area contributed by atoms with Crippen LogP contribution in [0.2, 0.25) is 0 Å². The number of carbonyl (C=O) groups is 1. The van der Waals surface area contributed by atoms with Crippen molar-refractivity contribution in [1.82, 2.24) is 24.8 Å². The van der Waals surface area contributed by atoms with Gasteiger partial charge in [-0.3, -0.25) is 4.79 Å². The molecule has 0 radical (unpaired) electrons. The fourth-order valence-electron chi connectivity index (χ4n) is 2.86. The van der Waals surface area contributed by atoms with E-state index in [2.05, 4.69) is 24.9 Å². The Balaban J connectivity index is 1.48. The molecule has 3 rings (SSSR count). The number of halogens is 3. The Morgan fingerprint density at radius 2 is 1.79 bits per heavy atom. The highest BCUT2D eigenvalue weighted by Crippen LogP contribution is 2.23. The molecular weight excluding hydrogens is 463 g/mol. The number of carbonyl (C=O) groups excluding carboxylic acids is 1. The molecular formula is C20H20F3N5O4S. The first-order valence-corrected chi connectivity index (χ1v) is 11.1. The third kappa shape index (κ3) is 7.02. The minimum absolute atomic E-state index is 0.129. The van der Waals surface area contributed by atoms with Crippen molar-refractivity contribution in [3.63, 3.8) is 0 Å². The normalized spacial score (nSPS) is 12.8. The predicted octanol–water partition coefficient (Wildman–Crippen LogP) is 2.71. The highest BCUT2D eigenvalue weighted by molar-refractivity contribution is 7.89. The van der Waals surface area contributed by atoms with Gasteiger partial charge in [0.1, 0.15) is 18.4 Å². The fraction of sp³-hybridized carbons (Fsp3) is 0.250. The first-order chi connectivity index (χ1) is 15.5. The summed E-state index contributed by atoms with van der Waals surface area (Å²) in [5.41, 5.74) is 1.65. The molecule has 0 bridgehead atoms. The first kappa shape index (κ1) is 24.2. The molecule has 1 aromatic heterocycles. The van der Waals surface area contributed by atoms with E-state index < -0.39 is 22.1 Å². The maximum atomic E-state index is 12.3. The lowest BCUT2D eigenvalue weighted by molar-refractivity contribution is -0.274. The van der Waals surface area contributed by atoms with Crippen molar-refractivity contribution in [2.45, 2.75) is 30.6 Å². The second-order valence-electron chi connectivity index (χ2n) is 6.89. The Hall–Kier alpha value is -3.45. The zero-order valence-corrected chi connectivity index (χ0v) is 18.1. The molecule has 0 spiro atoms. The molecule has 33 heavy (non-hydrogen) atoms. The number of nitrogens with one attached hydrogen (secondary N) is 2. The molecule has 1 unspecified atom stereocenters. The summed E-state index contributed by atoms with van der Waals surface area (Å²) in [6, 6.07) is 10.7. The Labute approximate surface area is 187 Å². The maximum absolute atomic E-state index is 12.3. The van der Waals surface area contributed by atoms with Gasteiger partial charge in [0.05, 0.1) is 16.6 Å². The minimum atomic E-state index is -4.87. The molecule has 0 saturated carbocycles. The van der Waals surface area contributed by atoms with E-state index in [0.717, 1.165) is 35.5 Å². The Morgan fingerprint density at radius 1 is 1.12 bits per heavy atom. The van der Waals surface area contributed by atoms with Crippen LogP contribution < -0.4 is 14.8 Å². The zero-order chi connectivity index (χ0) is 24.1. The third-order valence-electron chi connectivity index (χ3n) is 4.47. The number of hydrogen-bond acceptors (Lipinski definition) is 6. The lowest BCUT2D eigenvalue weighted by Crippen LogP contribution is -2.32. The van der Waals surface area contributed by atoms with Crippen LogP contribution in [0.1, 0.15) is 24.9 Å². The van der Waals surface area contributed by atoms with Gasteiger partial charge in [-0.05, 0) is 48.9 Å². The Kier molecular flexibility index (Phi) is 7.33. The predicted molar refractivity (Wildman–Crippen MR) is 111 cm³/mol. The molecule has 1 heterocycles. The highest BCUT2D eigenvalue weighted by atomic mass is 32.2. The zero-order valence-electron chi connectivity index (χ0n) is 17.3. The van der Waals surface area contributed by atoms with Gasteiger partial charge in [-0.25, -0.2) is 22.8 Å². The number of benzene rings is 2. The van der Waals surface area contributed by atoms with Gasteiger partial charge in [0.25, 0.3) is 0 Å². The molecule has 13 heteroatoms. The Bertz CT molecular complexity index is 1170. The topological polar surface area (TPSA) is 115 Å². The van der Waals surface area contributed by atoms with Crippen LogP contribution in [0.15, 0.2) is 66.1 Å². The molecule has 0 aliphatic rings. The fourth-order valence-corrected chi connectivity index (χ4v) is 3.89. The van der Waals surface area contributed by atoms with Crippen LogP contribution in [-0.4, -0.2) is 42.0 Å². The van der Waals surface area contributed by atoms with Gasteiger partial charge in [0.15, 0.2) is 0 Å². The first-order valence-electron chi connectivity index (χ1n) is 9.63. The molecule has 0 fully saturated rings. The monoisotopic (exact) mass is 483 g/mol. The standard InChI is InChI=1S/C20H20F3N5O4S/c1-14(15-2-4-16(5-3-15)28-13-24-12-25-28)27-19(29)10-11-26-33(30,31)18-8-6-17(7-9-18)32-20(21,22)23/h2-9,12-14,26H,10-11H2,1H3,(H,27,29). The third-order valence-corrected chi connectivity index (χ3v) is 5.94. The lowest BCUT2D eigenvalue weighted by atomic mass is 10.1. The number of ether oxygens (including phenoxy) is 1. The summed E-state index contributed by atoms with van der Waals surface area (Å²) in [6.45, 7) is 1.60. The Morgan fingerprint density at radius 3 is 2.36 bits per heavy atom. The van der Waals surface area contributed by atoms with E-state index in [-0.39, 0.29) is 29.8 Å². The number of rotatable bonds is 9. The summed E-state index contributed by atoms with van der Waals surface area (Å²) in [4.78, 5) is 15.8. The summed E-state index contributed by atoms with van der Waals surface area (Å²) in [7, 11) is -4.00. The van der Waals surface area contributed by atoms with E-state index in [1.54, 1.807) is 17.9 Å². The van der Waals surface area contributed by atoms with Crippen molar-refractivity contribution in [1.29, 1.82) is 0 Å². The van der Waals surface area contributed by atoms with Crippen molar-refractivity contribution in [2.75, 3.05) is 6.54 Å². The van der Waals surface area contributed by atoms with Gasteiger partial charge in [-0.2, -0.15) is 5.10 Å². The van der Waals surface area contributed by atoms with E-state index in [9.17, 15) is 26.4 Å². The van der Waals surface area contributed by atoms with E-state index in [1.165, 1.54) is 6.33 Å². The second kappa shape index (κ2) is 10.0. The molecule has 176 valence electrons. The maximum Gasteiger partial charge on any atom is 0.573 e. The summed E-state index contributed by atoms with van der Waals surface area (Å²) in [6.07, 6.45) is -2.02. The molecule has 0 saturated heterocycles. The quantitative estimate of drug-likeness (QED) is 0.484. The molecule has 3 aromatic rings. The van der Waals surface area contributed by atoms with Gasteiger partial charge >= 0.3 is 6.36 Å². The van der Waals surface area contributed by atoms with Gasteiger partial charge in [-0.15, -0.1) is 13.2 Å². The van der Waals surface area contributed by atoms with Crippen LogP contribution >= 0.6 is 0 Å². The summed E-state index contributed by atoms with van der Waals surface area (Å²) >= 11 is 0. The number of alkyl halides is 3. The molecule has 0 aliphatic heterocycles. The van der Waals surface area contributed by atoms with Crippen LogP contribution in [-0.2, 0) is 14.8 Å². The number of aromatic nitrogens is 3. The minimum Gasteiger partial charge on any atom is -0.406 e. The summed E-state index contributed by atoms with van der Waals surface area (Å²) in [5, 5.41) is 6.81. The van der Waals surface area contributed by atoms with Crippen LogP contribution in [0.4, 0.5) is 13.2 Å².